The lowest BCUT2D eigenvalue weighted by molar-refractivity contribution is 0.734. The molecular weight excluding hydrogens is 228 g/mol. The number of nitriles is 1. The molecule has 1 unspecified atom stereocenters. The topological polar surface area (TPSA) is 35.8 Å². The zero-order valence-corrected chi connectivity index (χ0v) is 9.01. The third kappa shape index (κ3) is 2.83. The molecule has 0 spiro atoms. The Labute approximate surface area is 86.7 Å². The second-order valence-corrected chi connectivity index (χ2v) is 3.71. The minimum Gasteiger partial charge on any atom is -0.318 e. The Kier molecular flexibility index (Phi) is 3.94. The van der Waals surface area contributed by atoms with Crippen LogP contribution < -0.4 is 5.32 Å². The van der Waals surface area contributed by atoms with E-state index >= 15 is 0 Å². The van der Waals surface area contributed by atoms with Gasteiger partial charge in [0, 0.05) is 11.0 Å². The third-order valence-electron chi connectivity index (χ3n) is 1.84. The first-order valence-electron chi connectivity index (χ1n) is 4.07. The van der Waals surface area contributed by atoms with Crippen molar-refractivity contribution in [2.45, 2.75) is 5.92 Å². The Morgan fingerprint density at radius 1 is 1.46 bits per heavy atom. The Morgan fingerprint density at radius 3 is 2.54 bits per heavy atom. The van der Waals surface area contributed by atoms with Crippen LogP contribution in [0.15, 0.2) is 28.7 Å². The number of halogens is 1. The standard InChI is InChI=1S/C10H11BrN2/c1-13-7-9(6-12)8-2-4-10(11)5-3-8/h2-5,9,13H,7H2,1H3. The van der Waals surface area contributed by atoms with Gasteiger partial charge in [0.25, 0.3) is 0 Å². The lowest BCUT2D eigenvalue weighted by Crippen LogP contribution is -2.15. The maximum atomic E-state index is 8.88. The lowest BCUT2D eigenvalue weighted by atomic mass is 10.0. The van der Waals surface area contributed by atoms with Crippen molar-refractivity contribution in [2.75, 3.05) is 13.6 Å². The van der Waals surface area contributed by atoms with Crippen molar-refractivity contribution in [1.82, 2.24) is 5.32 Å². The van der Waals surface area contributed by atoms with Crippen LogP contribution in [0.25, 0.3) is 0 Å². The molecule has 0 fully saturated rings. The van der Waals surface area contributed by atoms with Gasteiger partial charge in [0.05, 0.1) is 12.0 Å². The fraction of sp³-hybridized carbons (Fsp3) is 0.300. The molecular formula is C10H11BrN2. The first-order valence-corrected chi connectivity index (χ1v) is 4.87. The Morgan fingerprint density at radius 2 is 2.08 bits per heavy atom. The smallest absolute Gasteiger partial charge is 0.0837 e. The van der Waals surface area contributed by atoms with E-state index in [1.54, 1.807) is 0 Å². The summed E-state index contributed by atoms with van der Waals surface area (Å²) in [7, 11) is 1.85. The van der Waals surface area contributed by atoms with E-state index in [-0.39, 0.29) is 5.92 Å². The van der Waals surface area contributed by atoms with Crippen LogP contribution in [0.2, 0.25) is 0 Å². The van der Waals surface area contributed by atoms with Gasteiger partial charge in [-0.3, -0.25) is 0 Å². The summed E-state index contributed by atoms with van der Waals surface area (Å²) >= 11 is 3.36. The second kappa shape index (κ2) is 5.00. The monoisotopic (exact) mass is 238 g/mol. The fourth-order valence-corrected chi connectivity index (χ4v) is 1.40. The molecule has 0 aliphatic carbocycles. The molecule has 0 saturated heterocycles. The highest BCUT2D eigenvalue weighted by Crippen LogP contribution is 2.17. The van der Waals surface area contributed by atoms with Crippen molar-refractivity contribution in [3.8, 4) is 6.07 Å². The van der Waals surface area contributed by atoms with Crippen molar-refractivity contribution in [2.24, 2.45) is 0 Å². The molecule has 1 atom stereocenters. The van der Waals surface area contributed by atoms with Crippen LogP contribution in [-0.4, -0.2) is 13.6 Å². The minimum absolute atomic E-state index is 0.0573. The number of benzene rings is 1. The van der Waals surface area contributed by atoms with Crippen LogP contribution in [-0.2, 0) is 0 Å². The first-order chi connectivity index (χ1) is 6.27. The van der Waals surface area contributed by atoms with E-state index in [1.165, 1.54) is 0 Å². The predicted molar refractivity (Wildman–Crippen MR) is 56.4 cm³/mol. The highest BCUT2D eigenvalue weighted by Gasteiger charge is 2.07. The molecule has 13 heavy (non-hydrogen) atoms. The van der Waals surface area contributed by atoms with Crippen molar-refractivity contribution >= 4 is 15.9 Å². The first kappa shape index (κ1) is 10.2. The van der Waals surface area contributed by atoms with Crippen LogP contribution in [0.1, 0.15) is 11.5 Å². The summed E-state index contributed by atoms with van der Waals surface area (Å²) in [6.45, 7) is 0.693. The molecule has 0 aromatic heterocycles. The average molecular weight is 239 g/mol. The Hall–Kier alpha value is -0.850. The van der Waals surface area contributed by atoms with Gasteiger partial charge >= 0.3 is 0 Å². The van der Waals surface area contributed by atoms with Gasteiger partial charge in [0.15, 0.2) is 0 Å². The van der Waals surface area contributed by atoms with E-state index < -0.39 is 0 Å². The van der Waals surface area contributed by atoms with Crippen LogP contribution in [0.3, 0.4) is 0 Å². The highest BCUT2D eigenvalue weighted by atomic mass is 79.9. The summed E-state index contributed by atoms with van der Waals surface area (Å²) in [6, 6.07) is 10.1. The van der Waals surface area contributed by atoms with Gasteiger partial charge in [-0.1, -0.05) is 28.1 Å². The molecule has 1 aromatic rings. The summed E-state index contributed by atoms with van der Waals surface area (Å²) < 4.78 is 1.04. The van der Waals surface area contributed by atoms with Gasteiger partial charge in [-0.25, -0.2) is 0 Å². The van der Waals surface area contributed by atoms with Crippen LogP contribution in [0, 0.1) is 11.3 Å². The summed E-state index contributed by atoms with van der Waals surface area (Å²) in [5.41, 5.74) is 1.06. The summed E-state index contributed by atoms with van der Waals surface area (Å²) in [6.07, 6.45) is 0. The van der Waals surface area contributed by atoms with E-state index in [0.29, 0.717) is 6.54 Å². The van der Waals surface area contributed by atoms with Gasteiger partial charge in [-0.15, -0.1) is 0 Å². The zero-order valence-electron chi connectivity index (χ0n) is 7.42. The number of hydrogen-bond donors (Lipinski definition) is 1. The molecule has 0 radical (unpaired) electrons. The molecule has 2 nitrogen and oxygen atoms in total. The van der Waals surface area contributed by atoms with Gasteiger partial charge in [0.1, 0.15) is 0 Å². The van der Waals surface area contributed by atoms with E-state index in [1.807, 2.05) is 31.3 Å². The average Bonchev–Trinajstić information content (AvgIpc) is 2.16. The number of likely N-dealkylation sites (N-methyl/N-ethyl adjacent to an activating group) is 1. The molecule has 0 aliphatic rings. The Bertz CT molecular complexity index is 300. The maximum Gasteiger partial charge on any atom is 0.0837 e. The van der Waals surface area contributed by atoms with Crippen LogP contribution in [0.5, 0.6) is 0 Å². The number of nitrogens with one attached hydrogen (secondary N) is 1. The van der Waals surface area contributed by atoms with Crippen molar-refractivity contribution < 1.29 is 0 Å². The molecule has 0 heterocycles. The maximum absolute atomic E-state index is 8.88. The molecule has 0 aliphatic heterocycles. The highest BCUT2D eigenvalue weighted by molar-refractivity contribution is 9.10. The van der Waals surface area contributed by atoms with Crippen LogP contribution >= 0.6 is 15.9 Å². The lowest BCUT2D eigenvalue weighted by Gasteiger charge is -2.07. The number of rotatable bonds is 3. The molecule has 1 rings (SSSR count). The van der Waals surface area contributed by atoms with Crippen LogP contribution in [0.4, 0.5) is 0 Å². The largest absolute Gasteiger partial charge is 0.318 e. The molecule has 1 aromatic carbocycles. The molecule has 0 bridgehead atoms. The quantitative estimate of drug-likeness (QED) is 0.878. The molecule has 0 saturated carbocycles. The van der Waals surface area contributed by atoms with E-state index in [4.69, 9.17) is 5.26 Å². The second-order valence-electron chi connectivity index (χ2n) is 2.79. The summed E-state index contributed by atoms with van der Waals surface area (Å²) in [4.78, 5) is 0. The fourth-order valence-electron chi connectivity index (χ4n) is 1.14. The van der Waals surface area contributed by atoms with E-state index in [2.05, 4.69) is 27.3 Å². The van der Waals surface area contributed by atoms with Gasteiger partial charge in [0.2, 0.25) is 0 Å². The summed E-state index contributed by atoms with van der Waals surface area (Å²) in [5, 5.41) is 11.9. The number of hydrogen-bond acceptors (Lipinski definition) is 2. The Balaban J connectivity index is 2.81. The molecule has 3 heteroatoms. The number of nitrogens with zero attached hydrogens (tertiary/aromatic N) is 1. The molecule has 68 valence electrons. The van der Waals surface area contributed by atoms with Crippen molar-refractivity contribution in [3.63, 3.8) is 0 Å². The molecule has 0 amide bonds. The van der Waals surface area contributed by atoms with Gasteiger partial charge < -0.3 is 5.32 Å². The van der Waals surface area contributed by atoms with Gasteiger partial charge in [-0.2, -0.15) is 5.26 Å². The van der Waals surface area contributed by atoms with E-state index in [0.717, 1.165) is 10.0 Å². The van der Waals surface area contributed by atoms with E-state index in [9.17, 15) is 0 Å². The third-order valence-corrected chi connectivity index (χ3v) is 2.37. The SMILES string of the molecule is CNCC(C#N)c1ccc(Br)cc1. The van der Waals surface area contributed by atoms with Crippen molar-refractivity contribution in [3.05, 3.63) is 34.3 Å². The predicted octanol–water partition coefficient (Wildman–Crippen LogP) is 2.28. The normalized spacial score (nSPS) is 12.1. The summed E-state index contributed by atoms with van der Waals surface area (Å²) in [5.74, 6) is -0.0573. The molecule has 1 N–H and O–H groups in total. The van der Waals surface area contributed by atoms with Gasteiger partial charge in [-0.05, 0) is 24.7 Å². The van der Waals surface area contributed by atoms with Crippen molar-refractivity contribution in [1.29, 1.82) is 5.26 Å². The zero-order chi connectivity index (χ0) is 9.68. The minimum atomic E-state index is -0.0573.